The zero-order chi connectivity index (χ0) is 22.8. The predicted octanol–water partition coefficient (Wildman–Crippen LogP) is 2.20. The van der Waals surface area contributed by atoms with Gasteiger partial charge in [0.05, 0.1) is 24.4 Å². The van der Waals surface area contributed by atoms with E-state index in [1.54, 1.807) is 38.2 Å². The quantitative estimate of drug-likeness (QED) is 0.670. The number of benzene rings is 2. The first kappa shape index (κ1) is 20.7. The predicted molar refractivity (Wildman–Crippen MR) is 116 cm³/mol. The Bertz CT molecular complexity index is 1140. The van der Waals surface area contributed by atoms with Crippen LogP contribution < -0.4 is 0 Å². The Morgan fingerprint density at radius 1 is 1.03 bits per heavy atom. The largest absolute Gasteiger partial charge is 0.342 e. The van der Waals surface area contributed by atoms with Crippen LogP contribution in [0.5, 0.6) is 0 Å². The third kappa shape index (κ3) is 2.73. The highest BCUT2D eigenvalue weighted by molar-refractivity contribution is 6.30. The third-order valence-corrected chi connectivity index (χ3v) is 7.28. The van der Waals surface area contributed by atoms with Crippen molar-refractivity contribution in [3.05, 3.63) is 70.7 Å². The summed E-state index contributed by atoms with van der Waals surface area (Å²) in [4.78, 5) is 58.2. The Hall–Kier alpha value is -3.19. The lowest BCUT2D eigenvalue weighted by atomic mass is 9.81. The summed E-state index contributed by atoms with van der Waals surface area (Å²) in [6.45, 7) is 1.98. The van der Waals surface area contributed by atoms with Gasteiger partial charge in [-0.2, -0.15) is 0 Å². The van der Waals surface area contributed by atoms with Crippen LogP contribution in [0.25, 0.3) is 0 Å². The maximum atomic E-state index is 13.5. The van der Waals surface area contributed by atoms with Gasteiger partial charge in [0.15, 0.2) is 0 Å². The van der Waals surface area contributed by atoms with Crippen LogP contribution in [0.4, 0.5) is 0 Å². The Morgan fingerprint density at radius 3 is 2.34 bits per heavy atom. The van der Waals surface area contributed by atoms with Gasteiger partial charge in [0, 0.05) is 24.2 Å². The highest BCUT2D eigenvalue weighted by atomic mass is 35.5. The zero-order valence-corrected chi connectivity index (χ0v) is 18.5. The highest BCUT2D eigenvalue weighted by Gasteiger charge is 2.73. The number of nitrogens with zero attached hydrogens (tertiary/aromatic N) is 3. The minimum Gasteiger partial charge on any atom is -0.342 e. The van der Waals surface area contributed by atoms with E-state index in [0.29, 0.717) is 10.6 Å². The van der Waals surface area contributed by atoms with Gasteiger partial charge in [0.2, 0.25) is 17.7 Å². The van der Waals surface area contributed by atoms with Crippen LogP contribution in [-0.4, -0.2) is 63.5 Å². The number of imide groups is 1. The second kappa shape index (κ2) is 7.17. The number of hydrogen-bond acceptors (Lipinski definition) is 4. The molecule has 2 aromatic carbocycles. The van der Waals surface area contributed by atoms with E-state index in [1.807, 2.05) is 30.3 Å². The number of likely N-dealkylation sites (tertiary alicyclic amines) is 2. The molecule has 0 saturated carbocycles. The molecule has 0 N–H and O–H groups in total. The van der Waals surface area contributed by atoms with E-state index in [1.165, 1.54) is 14.7 Å². The molecule has 7 nitrogen and oxygen atoms in total. The SMILES string of the molecule is CN1C[C@@H]2[C@@H]3C(=O)N(Cc4ccccc4)C(=O)[C@@H]3[C@](C)(C1=O)N2C(=O)c1ccc(Cl)cc1. The van der Waals surface area contributed by atoms with Gasteiger partial charge in [0.1, 0.15) is 5.54 Å². The standard InChI is InChI=1S/C24H22ClN3O4/c1-24-19-18(21(30)27(22(19)31)12-14-6-4-3-5-7-14)17(13-26(2)23(24)32)28(24)20(29)15-8-10-16(25)11-9-15/h3-11,17-19H,12-13H2,1-2H3/t17-,18+,19-,24-/m1/s1. The lowest BCUT2D eigenvalue weighted by Crippen LogP contribution is -2.67. The Kier molecular flexibility index (Phi) is 4.64. The lowest BCUT2D eigenvalue weighted by Gasteiger charge is -2.47. The van der Waals surface area contributed by atoms with Gasteiger partial charge in [-0.3, -0.25) is 24.1 Å². The van der Waals surface area contributed by atoms with E-state index in [9.17, 15) is 19.2 Å². The maximum absolute atomic E-state index is 13.5. The van der Waals surface area contributed by atoms with Crippen molar-refractivity contribution < 1.29 is 19.2 Å². The molecule has 2 bridgehead atoms. The van der Waals surface area contributed by atoms with Crippen LogP contribution in [0, 0.1) is 11.8 Å². The van der Waals surface area contributed by atoms with E-state index >= 15 is 0 Å². The van der Waals surface area contributed by atoms with Gasteiger partial charge in [-0.05, 0) is 36.8 Å². The van der Waals surface area contributed by atoms with Crippen LogP contribution in [0.3, 0.4) is 0 Å². The molecule has 0 aromatic heterocycles. The van der Waals surface area contributed by atoms with Crippen LogP contribution >= 0.6 is 11.6 Å². The van der Waals surface area contributed by atoms with Gasteiger partial charge in [-0.25, -0.2) is 0 Å². The molecule has 0 spiro atoms. The Labute approximate surface area is 190 Å². The molecule has 3 aliphatic rings. The summed E-state index contributed by atoms with van der Waals surface area (Å²) >= 11 is 5.96. The molecule has 3 fully saturated rings. The minimum absolute atomic E-state index is 0.156. The van der Waals surface area contributed by atoms with E-state index in [4.69, 9.17) is 11.6 Å². The molecule has 4 amide bonds. The summed E-state index contributed by atoms with van der Waals surface area (Å²) in [5.41, 5.74) is -0.233. The number of carbonyl (C=O) groups excluding carboxylic acids is 4. The number of carbonyl (C=O) groups is 4. The van der Waals surface area contributed by atoms with E-state index in [2.05, 4.69) is 0 Å². The van der Waals surface area contributed by atoms with Crippen molar-refractivity contribution in [2.45, 2.75) is 25.0 Å². The van der Waals surface area contributed by atoms with Crippen molar-refractivity contribution in [2.75, 3.05) is 13.6 Å². The average molecular weight is 452 g/mol. The molecular formula is C24H22ClN3O4. The summed E-state index contributed by atoms with van der Waals surface area (Å²) < 4.78 is 0. The lowest BCUT2D eigenvalue weighted by molar-refractivity contribution is -0.154. The number of amides is 4. The van der Waals surface area contributed by atoms with Gasteiger partial charge < -0.3 is 9.80 Å². The third-order valence-electron chi connectivity index (χ3n) is 7.03. The van der Waals surface area contributed by atoms with Gasteiger partial charge >= 0.3 is 0 Å². The molecule has 3 heterocycles. The van der Waals surface area contributed by atoms with Crippen LogP contribution in [0.2, 0.25) is 5.02 Å². The number of piperazine rings is 1. The van der Waals surface area contributed by atoms with E-state index in [-0.39, 0.29) is 30.8 Å². The van der Waals surface area contributed by atoms with Crippen molar-refractivity contribution in [3.8, 4) is 0 Å². The molecule has 8 heteroatoms. The fourth-order valence-electron chi connectivity index (χ4n) is 5.58. The fourth-order valence-corrected chi connectivity index (χ4v) is 5.71. The summed E-state index contributed by atoms with van der Waals surface area (Å²) in [6, 6.07) is 15.1. The molecule has 2 aromatic rings. The van der Waals surface area contributed by atoms with Gasteiger partial charge in [-0.15, -0.1) is 0 Å². The summed E-state index contributed by atoms with van der Waals surface area (Å²) in [5, 5.41) is 0.490. The van der Waals surface area contributed by atoms with Crippen LogP contribution in [-0.2, 0) is 20.9 Å². The smallest absolute Gasteiger partial charge is 0.255 e. The van der Waals surface area contributed by atoms with Crippen molar-refractivity contribution in [2.24, 2.45) is 11.8 Å². The zero-order valence-electron chi connectivity index (χ0n) is 17.7. The van der Waals surface area contributed by atoms with Crippen molar-refractivity contribution in [1.82, 2.24) is 14.7 Å². The number of halogens is 1. The Morgan fingerprint density at radius 2 is 1.69 bits per heavy atom. The Balaban J connectivity index is 1.55. The summed E-state index contributed by atoms with van der Waals surface area (Å²) in [5.74, 6) is -3.08. The monoisotopic (exact) mass is 451 g/mol. The van der Waals surface area contributed by atoms with E-state index < -0.39 is 29.3 Å². The van der Waals surface area contributed by atoms with Gasteiger partial charge in [-0.1, -0.05) is 41.9 Å². The molecule has 5 rings (SSSR count). The van der Waals surface area contributed by atoms with E-state index in [0.717, 1.165) is 5.56 Å². The molecule has 3 saturated heterocycles. The van der Waals surface area contributed by atoms with Crippen LogP contribution in [0.15, 0.2) is 54.6 Å². The molecule has 0 unspecified atom stereocenters. The van der Waals surface area contributed by atoms with Crippen molar-refractivity contribution >= 4 is 35.2 Å². The second-order valence-corrected chi connectivity index (χ2v) is 9.27. The molecule has 164 valence electrons. The minimum atomic E-state index is -1.43. The second-order valence-electron chi connectivity index (χ2n) is 8.83. The first-order valence-electron chi connectivity index (χ1n) is 10.5. The van der Waals surface area contributed by atoms with Crippen molar-refractivity contribution in [3.63, 3.8) is 0 Å². The average Bonchev–Trinajstić information content (AvgIpc) is 3.16. The molecule has 3 aliphatic heterocycles. The molecule has 0 aliphatic carbocycles. The van der Waals surface area contributed by atoms with Gasteiger partial charge in [0.25, 0.3) is 5.91 Å². The van der Waals surface area contributed by atoms with Crippen molar-refractivity contribution in [1.29, 1.82) is 0 Å². The number of hydrogen-bond donors (Lipinski definition) is 0. The molecule has 4 atom stereocenters. The number of likely N-dealkylation sites (N-methyl/N-ethyl adjacent to an activating group) is 1. The molecule has 0 radical (unpaired) electrons. The first-order valence-corrected chi connectivity index (χ1v) is 10.9. The number of fused-ring (bicyclic) bond motifs is 5. The maximum Gasteiger partial charge on any atom is 0.255 e. The highest BCUT2D eigenvalue weighted by Crippen LogP contribution is 2.52. The summed E-state index contributed by atoms with van der Waals surface area (Å²) in [6.07, 6.45) is 0. The van der Waals surface area contributed by atoms with Crippen LogP contribution in [0.1, 0.15) is 22.8 Å². The normalized spacial score (nSPS) is 29.0. The molecule has 32 heavy (non-hydrogen) atoms. The summed E-state index contributed by atoms with van der Waals surface area (Å²) in [7, 11) is 1.65. The topological polar surface area (TPSA) is 78.0 Å². The first-order chi connectivity index (χ1) is 15.2. The fraction of sp³-hybridized carbons (Fsp3) is 0.333. The molecular weight excluding hydrogens is 430 g/mol. The number of rotatable bonds is 3.